The molecule has 0 saturated heterocycles. The molecule has 200 valence electrons. The fourth-order valence-electron chi connectivity index (χ4n) is 4.22. The molecule has 0 unspecified atom stereocenters. The molecule has 1 heterocycles. The number of fused-ring (bicyclic) bond motifs is 1. The molecule has 1 aliphatic rings. The van der Waals surface area contributed by atoms with Crippen LogP contribution in [-0.2, 0) is 14.3 Å². The number of hydrogen-bond acceptors (Lipinski definition) is 6. The topological polar surface area (TPSA) is 109 Å². The normalized spacial score (nSPS) is 20.7. The summed E-state index contributed by atoms with van der Waals surface area (Å²) in [6, 6.07) is 13.2. The lowest BCUT2D eigenvalue weighted by Gasteiger charge is -2.36. The van der Waals surface area contributed by atoms with Gasteiger partial charge < -0.3 is 34.6 Å². The minimum absolute atomic E-state index is 0.0443. The highest BCUT2D eigenvalue weighted by Gasteiger charge is 2.30. The molecule has 0 bridgehead atoms. The second-order valence-electron chi connectivity index (χ2n) is 9.23. The number of anilines is 2. The van der Waals surface area contributed by atoms with Gasteiger partial charge in [0.05, 0.1) is 17.7 Å². The van der Waals surface area contributed by atoms with Crippen molar-refractivity contribution in [1.29, 1.82) is 0 Å². The van der Waals surface area contributed by atoms with Crippen LogP contribution in [0.2, 0.25) is 0 Å². The molecule has 0 saturated carbocycles. The largest absolute Gasteiger partial charge is 0.491 e. The van der Waals surface area contributed by atoms with Crippen molar-refractivity contribution in [2.45, 2.75) is 26.0 Å². The zero-order valence-electron chi connectivity index (χ0n) is 22.0. The summed E-state index contributed by atoms with van der Waals surface area (Å²) >= 11 is 0. The predicted molar refractivity (Wildman–Crippen MR) is 141 cm³/mol. The minimum Gasteiger partial charge on any atom is -0.491 e. The number of para-hydroxylation sites is 1. The van der Waals surface area contributed by atoms with Crippen LogP contribution in [0.15, 0.2) is 48.5 Å². The summed E-state index contributed by atoms with van der Waals surface area (Å²) in [5.41, 5.74) is 1.45. The maximum Gasteiger partial charge on any atom is 0.323 e. The fraction of sp³-hybridized carbons (Fsp3) is 0.444. The third kappa shape index (κ3) is 7.43. The van der Waals surface area contributed by atoms with Gasteiger partial charge in [-0.3, -0.25) is 9.59 Å². The molecule has 0 aromatic heterocycles. The van der Waals surface area contributed by atoms with Crippen LogP contribution >= 0.6 is 0 Å². The number of amides is 4. The Morgan fingerprint density at radius 3 is 2.41 bits per heavy atom. The van der Waals surface area contributed by atoms with Crippen molar-refractivity contribution in [2.24, 2.45) is 5.92 Å². The van der Waals surface area contributed by atoms with Crippen molar-refractivity contribution in [3.63, 3.8) is 0 Å². The maximum absolute atomic E-state index is 13.3. The summed E-state index contributed by atoms with van der Waals surface area (Å²) in [7, 11) is 4.79. The number of carbonyl (C=O) groups is 3. The second kappa shape index (κ2) is 13.1. The average Bonchev–Trinajstić information content (AvgIpc) is 2.88. The maximum atomic E-state index is 13.3. The van der Waals surface area contributed by atoms with Gasteiger partial charge in [0.25, 0.3) is 5.91 Å². The quantitative estimate of drug-likeness (QED) is 0.636. The molecule has 0 fully saturated rings. The van der Waals surface area contributed by atoms with Crippen LogP contribution in [0.25, 0.3) is 0 Å². The summed E-state index contributed by atoms with van der Waals surface area (Å²) in [6.45, 7) is 4.72. The van der Waals surface area contributed by atoms with Crippen molar-refractivity contribution in [2.75, 3.05) is 58.2 Å². The third-order valence-corrected chi connectivity index (χ3v) is 6.32. The molecule has 2 aromatic rings. The molecule has 1 aliphatic heterocycles. The van der Waals surface area contributed by atoms with E-state index in [1.54, 1.807) is 54.3 Å². The Balaban J connectivity index is 1.89. The van der Waals surface area contributed by atoms with E-state index < -0.39 is 6.03 Å². The number of nitrogens with one attached hydrogen (secondary N) is 2. The van der Waals surface area contributed by atoms with E-state index in [2.05, 4.69) is 10.6 Å². The first-order chi connectivity index (χ1) is 17.7. The zero-order valence-corrected chi connectivity index (χ0v) is 22.0. The number of nitrogens with zero attached hydrogens (tertiary/aromatic N) is 2. The van der Waals surface area contributed by atoms with Gasteiger partial charge in [-0.15, -0.1) is 0 Å². The molecule has 0 aliphatic carbocycles. The van der Waals surface area contributed by atoms with Gasteiger partial charge in [-0.2, -0.15) is 0 Å². The number of methoxy groups -OCH3 is 2. The molecular weight excluding hydrogens is 476 g/mol. The number of carbonyl (C=O) groups excluding carboxylic acids is 3. The van der Waals surface area contributed by atoms with Gasteiger partial charge in [-0.1, -0.05) is 25.1 Å². The molecule has 0 radical (unpaired) electrons. The lowest BCUT2D eigenvalue weighted by Crippen LogP contribution is -2.49. The SMILES string of the molecule is COCC(=O)N1C[C@@H](C)[C@H](OC)CN(C)C(=O)c2ccc(NC(=O)Nc3ccccc3)cc2OC[C@H]1C. The molecule has 3 rings (SSSR count). The molecule has 2 aromatic carbocycles. The number of likely N-dealkylation sites (N-methyl/N-ethyl adjacent to an activating group) is 1. The lowest BCUT2D eigenvalue weighted by atomic mass is 10.0. The van der Waals surface area contributed by atoms with Gasteiger partial charge in [-0.25, -0.2) is 4.79 Å². The Labute approximate surface area is 217 Å². The van der Waals surface area contributed by atoms with E-state index >= 15 is 0 Å². The highest BCUT2D eigenvalue weighted by Crippen LogP contribution is 2.27. The first-order valence-corrected chi connectivity index (χ1v) is 12.2. The highest BCUT2D eigenvalue weighted by molar-refractivity contribution is 6.01. The molecule has 37 heavy (non-hydrogen) atoms. The van der Waals surface area contributed by atoms with Crippen LogP contribution in [0.3, 0.4) is 0 Å². The molecule has 2 N–H and O–H groups in total. The monoisotopic (exact) mass is 512 g/mol. The Hall–Kier alpha value is -3.63. The van der Waals surface area contributed by atoms with Crippen molar-refractivity contribution < 1.29 is 28.6 Å². The second-order valence-corrected chi connectivity index (χ2v) is 9.23. The Morgan fingerprint density at radius 2 is 1.73 bits per heavy atom. The van der Waals surface area contributed by atoms with E-state index in [0.29, 0.717) is 35.8 Å². The number of hydrogen-bond donors (Lipinski definition) is 2. The summed E-state index contributed by atoms with van der Waals surface area (Å²) < 4.78 is 16.9. The van der Waals surface area contributed by atoms with Gasteiger partial charge in [0, 0.05) is 57.7 Å². The zero-order chi connectivity index (χ0) is 26.9. The van der Waals surface area contributed by atoms with Crippen LogP contribution in [0.4, 0.5) is 16.2 Å². The van der Waals surface area contributed by atoms with Crippen LogP contribution in [0.5, 0.6) is 5.75 Å². The van der Waals surface area contributed by atoms with Crippen molar-refractivity contribution >= 4 is 29.2 Å². The smallest absolute Gasteiger partial charge is 0.323 e. The molecule has 10 nitrogen and oxygen atoms in total. The third-order valence-electron chi connectivity index (χ3n) is 6.32. The van der Waals surface area contributed by atoms with E-state index in [9.17, 15) is 14.4 Å². The van der Waals surface area contributed by atoms with E-state index in [1.165, 1.54) is 7.11 Å². The van der Waals surface area contributed by atoms with Gasteiger partial charge in [-0.05, 0) is 31.2 Å². The van der Waals surface area contributed by atoms with Crippen LogP contribution < -0.4 is 15.4 Å². The Morgan fingerprint density at radius 1 is 1.03 bits per heavy atom. The molecule has 4 amide bonds. The Bertz CT molecular complexity index is 1080. The molecule has 0 spiro atoms. The number of ether oxygens (including phenoxy) is 3. The summed E-state index contributed by atoms with van der Waals surface area (Å²) in [6.07, 6.45) is -0.287. The fourth-order valence-corrected chi connectivity index (χ4v) is 4.22. The first kappa shape index (κ1) is 27.9. The van der Waals surface area contributed by atoms with Gasteiger partial charge in [0.1, 0.15) is 19.0 Å². The number of rotatable bonds is 5. The van der Waals surface area contributed by atoms with Crippen LogP contribution in [0, 0.1) is 5.92 Å². The number of benzene rings is 2. The first-order valence-electron chi connectivity index (χ1n) is 12.2. The van der Waals surface area contributed by atoms with Crippen molar-refractivity contribution in [3.05, 3.63) is 54.1 Å². The number of urea groups is 1. The van der Waals surface area contributed by atoms with E-state index in [4.69, 9.17) is 14.2 Å². The van der Waals surface area contributed by atoms with Crippen molar-refractivity contribution in [3.8, 4) is 5.75 Å². The summed E-state index contributed by atoms with van der Waals surface area (Å²) in [5, 5.41) is 5.53. The lowest BCUT2D eigenvalue weighted by molar-refractivity contribution is -0.139. The predicted octanol–water partition coefficient (Wildman–Crippen LogP) is 3.31. The van der Waals surface area contributed by atoms with Crippen LogP contribution in [0.1, 0.15) is 24.2 Å². The van der Waals surface area contributed by atoms with E-state index in [-0.39, 0.29) is 43.1 Å². The molecule has 10 heteroatoms. The summed E-state index contributed by atoms with van der Waals surface area (Å²) in [4.78, 5) is 42.0. The molecule has 3 atom stereocenters. The van der Waals surface area contributed by atoms with E-state index in [1.807, 2.05) is 32.0 Å². The minimum atomic E-state index is -0.427. The van der Waals surface area contributed by atoms with Crippen LogP contribution in [-0.4, -0.2) is 87.4 Å². The summed E-state index contributed by atoms with van der Waals surface area (Å²) in [5.74, 6) is -0.125. The highest BCUT2D eigenvalue weighted by atomic mass is 16.5. The van der Waals surface area contributed by atoms with E-state index in [0.717, 1.165) is 0 Å². The average molecular weight is 513 g/mol. The van der Waals surface area contributed by atoms with Gasteiger partial charge in [0.2, 0.25) is 5.91 Å². The Kier molecular flexibility index (Phi) is 9.87. The molecular formula is C27H36N4O6. The van der Waals surface area contributed by atoms with Gasteiger partial charge in [0.15, 0.2) is 0 Å². The van der Waals surface area contributed by atoms with Crippen molar-refractivity contribution in [1.82, 2.24) is 9.80 Å². The van der Waals surface area contributed by atoms with Gasteiger partial charge >= 0.3 is 6.03 Å². The standard InChI is InChI=1S/C27H36N4O6/c1-18-14-31(25(32)17-35-4)19(2)16-37-23-13-21(29-27(34)28-20-9-7-6-8-10-20)11-12-22(23)26(33)30(3)15-24(18)36-5/h6-13,18-19,24H,14-17H2,1-5H3,(H2,28,29,34)/t18-,19-,24-/m1/s1.